The molecule has 0 radical (unpaired) electrons. The molecule has 0 fully saturated rings. The molecule has 1 amide bonds. The second kappa shape index (κ2) is 6.45. The molecule has 0 saturated heterocycles. The van der Waals surface area contributed by atoms with Gasteiger partial charge in [0.25, 0.3) is 5.91 Å². The van der Waals surface area contributed by atoms with Crippen LogP contribution in [0.5, 0.6) is 0 Å². The number of aromatic nitrogens is 2. The van der Waals surface area contributed by atoms with Crippen LogP contribution in [0.1, 0.15) is 43.9 Å². The van der Waals surface area contributed by atoms with Crippen LogP contribution >= 0.6 is 0 Å². The Balaban J connectivity index is 2.93. The van der Waals surface area contributed by atoms with E-state index in [0.717, 1.165) is 5.69 Å². The van der Waals surface area contributed by atoms with E-state index >= 15 is 0 Å². The maximum Gasteiger partial charge on any atom is 0.331 e. The lowest BCUT2D eigenvalue weighted by Gasteiger charge is -2.31. The summed E-state index contributed by atoms with van der Waals surface area (Å²) < 4.78 is 5.03. The summed E-state index contributed by atoms with van der Waals surface area (Å²) in [6.07, 6.45) is 2.89. The van der Waals surface area contributed by atoms with E-state index < -0.39 is 17.4 Å². The maximum atomic E-state index is 12.2. The minimum atomic E-state index is -1.10. The SMILES string of the molecule is CCOC(=O)[C@@](C)(NC(=O)c1cnc(C)cn1)C(C)C. The summed E-state index contributed by atoms with van der Waals surface area (Å²) >= 11 is 0. The first-order valence-electron chi connectivity index (χ1n) is 6.59. The van der Waals surface area contributed by atoms with Crippen molar-refractivity contribution in [3.05, 3.63) is 23.8 Å². The van der Waals surface area contributed by atoms with Gasteiger partial charge in [-0.05, 0) is 26.7 Å². The molecule has 0 aliphatic rings. The molecule has 1 atom stereocenters. The van der Waals surface area contributed by atoms with Crippen LogP contribution in [0.15, 0.2) is 12.4 Å². The zero-order valence-electron chi connectivity index (χ0n) is 12.6. The van der Waals surface area contributed by atoms with Crippen molar-refractivity contribution in [3.8, 4) is 0 Å². The molecule has 0 unspecified atom stereocenters. The first-order valence-corrected chi connectivity index (χ1v) is 6.59. The molecule has 0 aliphatic carbocycles. The van der Waals surface area contributed by atoms with E-state index in [1.54, 1.807) is 20.8 Å². The number of carbonyl (C=O) groups excluding carboxylic acids is 2. The highest BCUT2D eigenvalue weighted by Crippen LogP contribution is 2.19. The van der Waals surface area contributed by atoms with Crippen LogP contribution in [-0.4, -0.2) is 34.0 Å². The average Bonchev–Trinajstić information content (AvgIpc) is 2.39. The predicted molar refractivity (Wildman–Crippen MR) is 74.1 cm³/mol. The molecule has 6 nitrogen and oxygen atoms in total. The van der Waals surface area contributed by atoms with E-state index in [9.17, 15) is 9.59 Å². The highest BCUT2D eigenvalue weighted by molar-refractivity contribution is 5.96. The Morgan fingerprint density at radius 1 is 1.35 bits per heavy atom. The van der Waals surface area contributed by atoms with Crippen molar-refractivity contribution in [3.63, 3.8) is 0 Å². The number of nitrogens with zero attached hydrogens (tertiary/aromatic N) is 2. The van der Waals surface area contributed by atoms with Crippen molar-refractivity contribution < 1.29 is 14.3 Å². The van der Waals surface area contributed by atoms with E-state index in [2.05, 4.69) is 15.3 Å². The normalized spacial score (nSPS) is 13.7. The summed E-state index contributed by atoms with van der Waals surface area (Å²) in [5.41, 5.74) is -0.204. The number of esters is 1. The van der Waals surface area contributed by atoms with Gasteiger partial charge in [-0.15, -0.1) is 0 Å². The summed E-state index contributed by atoms with van der Waals surface area (Å²) in [6, 6.07) is 0. The standard InChI is InChI=1S/C14H21N3O3/c1-6-20-13(19)14(5,9(2)3)17-12(18)11-8-15-10(4)7-16-11/h7-9H,6H2,1-5H3,(H,17,18)/t14-/m0/s1. The van der Waals surface area contributed by atoms with E-state index in [1.807, 2.05) is 13.8 Å². The van der Waals surface area contributed by atoms with Crippen LogP contribution < -0.4 is 5.32 Å². The molecule has 0 bridgehead atoms. The molecule has 1 rings (SSSR count). The Hall–Kier alpha value is -1.98. The highest BCUT2D eigenvalue weighted by Gasteiger charge is 2.40. The monoisotopic (exact) mass is 279 g/mol. The second-order valence-electron chi connectivity index (χ2n) is 5.07. The van der Waals surface area contributed by atoms with E-state index in [0.29, 0.717) is 0 Å². The van der Waals surface area contributed by atoms with E-state index in [1.165, 1.54) is 12.4 Å². The molecular formula is C14H21N3O3. The van der Waals surface area contributed by atoms with Crippen LogP contribution in [0.3, 0.4) is 0 Å². The highest BCUT2D eigenvalue weighted by atomic mass is 16.5. The third kappa shape index (κ3) is 3.53. The summed E-state index contributed by atoms with van der Waals surface area (Å²) in [5.74, 6) is -1.02. The van der Waals surface area contributed by atoms with Gasteiger partial charge in [0, 0.05) is 6.20 Å². The number of aryl methyl sites for hydroxylation is 1. The van der Waals surface area contributed by atoms with Gasteiger partial charge in [-0.2, -0.15) is 0 Å². The molecule has 0 saturated carbocycles. The van der Waals surface area contributed by atoms with Gasteiger partial charge in [0.15, 0.2) is 0 Å². The molecule has 1 N–H and O–H groups in total. The van der Waals surface area contributed by atoms with Gasteiger partial charge in [0.1, 0.15) is 11.2 Å². The molecule has 0 aromatic carbocycles. The van der Waals surface area contributed by atoms with Crippen molar-refractivity contribution in [1.29, 1.82) is 0 Å². The van der Waals surface area contributed by atoms with Gasteiger partial charge >= 0.3 is 5.97 Å². The minimum Gasteiger partial charge on any atom is -0.464 e. The lowest BCUT2D eigenvalue weighted by atomic mass is 9.88. The first-order chi connectivity index (χ1) is 9.31. The Morgan fingerprint density at radius 2 is 2.00 bits per heavy atom. The average molecular weight is 279 g/mol. The fourth-order valence-corrected chi connectivity index (χ4v) is 1.52. The zero-order valence-corrected chi connectivity index (χ0v) is 12.6. The number of ether oxygens (including phenoxy) is 1. The number of amides is 1. The summed E-state index contributed by atoms with van der Waals surface area (Å²) in [5, 5.41) is 2.70. The van der Waals surface area contributed by atoms with Crippen LogP contribution in [0.4, 0.5) is 0 Å². The molecule has 0 aliphatic heterocycles. The molecule has 1 heterocycles. The van der Waals surface area contributed by atoms with Gasteiger partial charge in [0.05, 0.1) is 18.5 Å². The van der Waals surface area contributed by atoms with Crippen LogP contribution in [-0.2, 0) is 9.53 Å². The fraction of sp³-hybridized carbons (Fsp3) is 0.571. The van der Waals surface area contributed by atoms with Gasteiger partial charge < -0.3 is 10.1 Å². The summed E-state index contributed by atoms with van der Waals surface area (Å²) in [7, 11) is 0. The number of hydrogen-bond acceptors (Lipinski definition) is 5. The maximum absolute atomic E-state index is 12.2. The van der Waals surface area contributed by atoms with Crippen LogP contribution in [0.2, 0.25) is 0 Å². The lowest BCUT2D eigenvalue weighted by Crippen LogP contribution is -2.56. The Kier molecular flexibility index (Phi) is 5.19. The smallest absolute Gasteiger partial charge is 0.331 e. The molecule has 6 heteroatoms. The first kappa shape index (κ1) is 16.1. The molecule has 110 valence electrons. The number of hydrogen-bond donors (Lipinski definition) is 1. The van der Waals surface area contributed by atoms with Gasteiger partial charge in [-0.25, -0.2) is 9.78 Å². The summed E-state index contributed by atoms with van der Waals surface area (Å²) in [4.78, 5) is 32.2. The van der Waals surface area contributed by atoms with Crippen molar-refractivity contribution in [2.75, 3.05) is 6.61 Å². The number of rotatable bonds is 5. The lowest BCUT2D eigenvalue weighted by molar-refractivity contribution is -0.152. The van der Waals surface area contributed by atoms with Gasteiger partial charge in [-0.3, -0.25) is 9.78 Å². The molecule has 1 aromatic rings. The summed E-state index contributed by atoms with van der Waals surface area (Å²) in [6.45, 7) is 9.12. The molecule has 0 spiro atoms. The van der Waals surface area contributed by atoms with Gasteiger partial charge in [0.2, 0.25) is 0 Å². The van der Waals surface area contributed by atoms with Crippen LogP contribution in [0, 0.1) is 12.8 Å². The number of carbonyl (C=O) groups is 2. The molecular weight excluding hydrogens is 258 g/mol. The van der Waals surface area contributed by atoms with Crippen molar-refractivity contribution in [2.45, 2.75) is 40.2 Å². The fourth-order valence-electron chi connectivity index (χ4n) is 1.52. The van der Waals surface area contributed by atoms with Crippen molar-refractivity contribution in [1.82, 2.24) is 15.3 Å². The minimum absolute atomic E-state index is 0.121. The topological polar surface area (TPSA) is 81.2 Å². The number of nitrogens with one attached hydrogen (secondary N) is 1. The second-order valence-corrected chi connectivity index (χ2v) is 5.07. The predicted octanol–water partition coefficient (Wildman–Crippen LogP) is 1.49. The Morgan fingerprint density at radius 3 is 2.45 bits per heavy atom. The van der Waals surface area contributed by atoms with E-state index in [4.69, 9.17) is 4.74 Å². The van der Waals surface area contributed by atoms with Crippen molar-refractivity contribution in [2.24, 2.45) is 5.92 Å². The third-order valence-corrected chi connectivity index (χ3v) is 3.24. The zero-order chi connectivity index (χ0) is 15.3. The molecule has 20 heavy (non-hydrogen) atoms. The largest absolute Gasteiger partial charge is 0.464 e. The molecule has 1 aromatic heterocycles. The Bertz CT molecular complexity index is 485. The quantitative estimate of drug-likeness (QED) is 0.826. The van der Waals surface area contributed by atoms with Crippen molar-refractivity contribution >= 4 is 11.9 Å². The van der Waals surface area contributed by atoms with Gasteiger partial charge in [-0.1, -0.05) is 13.8 Å². The van der Waals surface area contributed by atoms with E-state index in [-0.39, 0.29) is 18.2 Å². The third-order valence-electron chi connectivity index (χ3n) is 3.24. The van der Waals surface area contributed by atoms with Crippen LogP contribution in [0.25, 0.3) is 0 Å². The Labute approximate surface area is 119 Å².